The van der Waals surface area contributed by atoms with Crippen molar-refractivity contribution in [2.45, 2.75) is 10.6 Å². The smallest absolute Gasteiger partial charge is 0.337 e. The van der Waals surface area contributed by atoms with Crippen LogP contribution in [0.3, 0.4) is 0 Å². The van der Waals surface area contributed by atoms with Crippen molar-refractivity contribution >= 4 is 17.7 Å². The standard InChI is InChI=1S/C15H12O4S/c1-18-15(17)9-2-3-10-8-20-14-7-11(16)4-5-12(14)19-13(10)6-9/h2-7,16H,8H2,1H3. The van der Waals surface area contributed by atoms with Crippen LogP contribution in [-0.2, 0) is 10.5 Å². The molecular weight excluding hydrogens is 276 g/mol. The molecule has 2 aromatic rings. The van der Waals surface area contributed by atoms with Crippen LogP contribution in [0.1, 0.15) is 15.9 Å². The molecule has 0 aromatic heterocycles. The molecular formula is C15H12O4S. The zero-order valence-corrected chi connectivity index (χ0v) is 11.6. The van der Waals surface area contributed by atoms with Gasteiger partial charge in [-0.2, -0.15) is 0 Å². The fraction of sp³-hybridized carbons (Fsp3) is 0.133. The maximum Gasteiger partial charge on any atom is 0.337 e. The number of carbonyl (C=O) groups excluding carboxylic acids is 1. The Bertz CT molecular complexity index is 682. The Morgan fingerprint density at radius 2 is 2.10 bits per heavy atom. The quantitative estimate of drug-likeness (QED) is 0.813. The number of phenols is 1. The molecule has 0 bridgehead atoms. The van der Waals surface area contributed by atoms with Gasteiger partial charge in [0.2, 0.25) is 0 Å². The molecule has 1 aliphatic rings. The van der Waals surface area contributed by atoms with Crippen LogP contribution in [-0.4, -0.2) is 18.2 Å². The normalized spacial score (nSPS) is 12.7. The van der Waals surface area contributed by atoms with Crippen molar-refractivity contribution in [1.29, 1.82) is 0 Å². The molecule has 0 fully saturated rings. The Hall–Kier alpha value is -2.14. The Morgan fingerprint density at radius 1 is 1.25 bits per heavy atom. The van der Waals surface area contributed by atoms with Crippen molar-refractivity contribution in [3.05, 3.63) is 47.5 Å². The Labute approximate surface area is 120 Å². The van der Waals surface area contributed by atoms with Gasteiger partial charge in [-0.1, -0.05) is 6.07 Å². The van der Waals surface area contributed by atoms with Gasteiger partial charge in [0.15, 0.2) is 0 Å². The molecule has 1 N–H and O–H groups in total. The summed E-state index contributed by atoms with van der Waals surface area (Å²) in [7, 11) is 1.35. The van der Waals surface area contributed by atoms with Crippen LogP contribution < -0.4 is 4.74 Å². The minimum absolute atomic E-state index is 0.209. The molecule has 102 valence electrons. The summed E-state index contributed by atoms with van der Waals surface area (Å²) in [5.74, 6) is 1.85. The number of hydrogen-bond donors (Lipinski definition) is 1. The van der Waals surface area contributed by atoms with Crippen molar-refractivity contribution in [2.75, 3.05) is 7.11 Å². The second kappa shape index (κ2) is 5.09. The molecule has 3 rings (SSSR count). The van der Waals surface area contributed by atoms with Crippen molar-refractivity contribution in [3.8, 4) is 17.2 Å². The highest BCUT2D eigenvalue weighted by Gasteiger charge is 2.17. The van der Waals surface area contributed by atoms with E-state index in [-0.39, 0.29) is 11.7 Å². The molecule has 5 heteroatoms. The van der Waals surface area contributed by atoms with Crippen LogP contribution >= 0.6 is 11.8 Å². The average molecular weight is 288 g/mol. The Morgan fingerprint density at radius 3 is 2.90 bits per heavy atom. The summed E-state index contributed by atoms with van der Waals surface area (Å²) in [4.78, 5) is 12.4. The lowest BCUT2D eigenvalue weighted by Crippen LogP contribution is -2.02. The monoisotopic (exact) mass is 288 g/mol. The SMILES string of the molecule is COC(=O)c1ccc2c(c1)Oc1ccc(O)cc1SC2. The molecule has 0 saturated carbocycles. The number of aromatic hydroxyl groups is 1. The zero-order valence-electron chi connectivity index (χ0n) is 10.8. The molecule has 20 heavy (non-hydrogen) atoms. The maximum absolute atomic E-state index is 11.6. The summed E-state index contributed by atoms with van der Waals surface area (Å²) >= 11 is 1.59. The van der Waals surface area contributed by atoms with E-state index in [1.165, 1.54) is 7.11 Å². The van der Waals surface area contributed by atoms with Crippen LogP contribution in [0.2, 0.25) is 0 Å². The summed E-state index contributed by atoms with van der Waals surface area (Å²) in [6, 6.07) is 10.2. The summed E-state index contributed by atoms with van der Waals surface area (Å²) in [6.45, 7) is 0. The van der Waals surface area contributed by atoms with Gasteiger partial charge < -0.3 is 14.6 Å². The molecule has 0 saturated heterocycles. The molecule has 0 unspecified atom stereocenters. The number of thioether (sulfide) groups is 1. The highest BCUT2D eigenvalue weighted by atomic mass is 32.2. The molecule has 0 atom stereocenters. The van der Waals surface area contributed by atoms with Crippen molar-refractivity contribution < 1.29 is 19.4 Å². The zero-order chi connectivity index (χ0) is 14.1. The van der Waals surface area contributed by atoms with Crippen molar-refractivity contribution in [2.24, 2.45) is 0 Å². The predicted octanol–water partition coefficient (Wildman–Crippen LogP) is 3.58. The Balaban J connectivity index is 2.02. The van der Waals surface area contributed by atoms with E-state index in [1.807, 2.05) is 6.07 Å². The summed E-state index contributed by atoms with van der Waals surface area (Å²) in [5.41, 5.74) is 1.46. The number of carbonyl (C=O) groups is 1. The molecule has 0 aliphatic carbocycles. The first-order valence-corrected chi connectivity index (χ1v) is 7.01. The topological polar surface area (TPSA) is 55.8 Å². The van der Waals surface area contributed by atoms with Crippen LogP contribution in [0.5, 0.6) is 17.2 Å². The summed E-state index contributed by atoms with van der Waals surface area (Å²) in [6.07, 6.45) is 0. The molecule has 1 aliphatic heterocycles. The lowest BCUT2D eigenvalue weighted by molar-refractivity contribution is 0.0600. The van der Waals surface area contributed by atoms with Crippen molar-refractivity contribution in [3.63, 3.8) is 0 Å². The Kier molecular flexibility index (Phi) is 3.28. The summed E-state index contributed by atoms with van der Waals surface area (Å²) < 4.78 is 10.6. The molecule has 1 heterocycles. The number of ether oxygens (including phenoxy) is 2. The minimum Gasteiger partial charge on any atom is -0.508 e. The first kappa shape index (κ1) is 12.9. The third kappa shape index (κ3) is 2.32. The number of benzene rings is 2. The van der Waals surface area contributed by atoms with Gasteiger partial charge in [-0.25, -0.2) is 4.79 Å². The molecule has 0 amide bonds. The van der Waals surface area contributed by atoms with Crippen LogP contribution in [0.4, 0.5) is 0 Å². The van der Waals surface area contributed by atoms with Gasteiger partial charge in [0.1, 0.15) is 17.2 Å². The van der Waals surface area contributed by atoms with Crippen molar-refractivity contribution in [1.82, 2.24) is 0 Å². The van der Waals surface area contributed by atoms with Gasteiger partial charge >= 0.3 is 5.97 Å². The van der Waals surface area contributed by atoms with E-state index in [0.717, 1.165) is 10.5 Å². The van der Waals surface area contributed by atoms with Gasteiger partial charge in [-0.15, -0.1) is 11.8 Å². The van der Waals surface area contributed by atoms with Crippen LogP contribution in [0.15, 0.2) is 41.3 Å². The first-order chi connectivity index (χ1) is 9.67. The fourth-order valence-electron chi connectivity index (χ4n) is 1.98. The number of phenolic OH excluding ortho intramolecular Hbond substituents is 1. The van der Waals surface area contributed by atoms with E-state index in [4.69, 9.17) is 9.47 Å². The van der Waals surface area contributed by atoms with E-state index < -0.39 is 0 Å². The molecule has 4 nitrogen and oxygen atoms in total. The average Bonchev–Trinajstić information content (AvgIpc) is 2.64. The number of esters is 1. The van der Waals surface area contributed by atoms with Crippen LogP contribution in [0, 0.1) is 0 Å². The fourth-order valence-corrected chi connectivity index (χ4v) is 2.99. The highest BCUT2D eigenvalue weighted by Crippen LogP contribution is 2.42. The highest BCUT2D eigenvalue weighted by molar-refractivity contribution is 7.98. The van der Waals surface area contributed by atoms with E-state index in [2.05, 4.69) is 0 Å². The van der Waals surface area contributed by atoms with Gasteiger partial charge in [0, 0.05) is 11.3 Å². The second-order valence-corrected chi connectivity index (χ2v) is 5.35. The minimum atomic E-state index is -0.390. The maximum atomic E-state index is 11.6. The second-order valence-electron chi connectivity index (χ2n) is 4.34. The number of methoxy groups -OCH3 is 1. The van der Waals surface area contributed by atoms with Crippen LogP contribution in [0.25, 0.3) is 0 Å². The number of fused-ring (bicyclic) bond motifs is 2. The van der Waals surface area contributed by atoms with E-state index >= 15 is 0 Å². The van der Waals surface area contributed by atoms with E-state index in [0.29, 0.717) is 22.8 Å². The first-order valence-electron chi connectivity index (χ1n) is 6.02. The van der Waals surface area contributed by atoms with E-state index in [9.17, 15) is 9.90 Å². The van der Waals surface area contributed by atoms with Gasteiger partial charge in [-0.3, -0.25) is 0 Å². The van der Waals surface area contributed by atoms with Gasteiger partial charge in [0.25, 0.3) is 0 Å². The van der Waals surface area contributed by atoms with E-state index in [1.54, 1.807) is 42.1 Å². The lowest BCUT2D eigenvalue weighted by atomic mass is 10.1. The lowest BCUT2D eigenvalue weighted by Gasteiger charge is -2.09. The largest absolute Gasteiger partial charge is 0.508 e. The third-order valence-corrected chi connectivity index (χ3v) is 4.10. The number of hydrogen-bond acceptors (Lipinski definition) is 5. The van der Waals surface area contributed by atoms with Gasteiger partial charge in [0.05, 0.1) is 17.6 Å². The molecule has 0 radical (unpaired) electrons. The molecule has 0 spiro atoms. The van der Waals surface area contributed by atoms with Gasteiger partial charge in [-0.05, 0) is 30.3 Å². The molecule has 2 aromatic carbocycles. The summed E-state index contributed by atoms with van der Waals surface area (Å²) in [5, 5.41) is 9.52. The number of rotatable bonds is 1. The predicted molar refractivity (Wildman–Crippen MR) is 75.5 cm³/mol. The third-order valence-electron chi connectivity index (χ3n) is 3.02.